The van der Waals surface area contributed by atoms with Crippen LogP contribution >= 0.6 is 11.6 Å². The molecule has 2 unspecified atom stereocenters. The van der Waals surface area contributed by atoms with Crippen LogP contribution in [0, 0.1) is 0 Å². The van der Waals surface area contributed by atoms with Gasteiger partial charge in [0.2, 0.25) is 0 Å². The summed E-state index contributed by atoms with van der Waals surface area (Å²) in [7, 11) is 2.23. The van der Waals surface area contributed by atoms with E-state index < -0.39 is 0 Å². The summed E-state index contributed by atoms with van der Waals surface area (Å²) in [5, 5.41) is 5.17. The van der Waals surface area contributed by atoms with Crippen LogP contribution in [0.5, 0.6) is 0 Å². The molecule has 4 atom stereocenters. The molecule has 2 aromatic carbocycles. The number of benzene rings is 2. The molecular weight excluding hydrogens is 368 g/mol. The molecule has 0 aliphatic carbocycles. The molecule has 1 aliphatic rings. The number of aromatic nitrogens is 1. The van der Waals surface area contributed by atoms with E-state index in [1.54, 1.807) is 0 Å². The zero-order chi connectivity index (χ0) is 19.7. The third kappa shape index (κ3) is 3.61. The molecule has 0 saturated carbocycles. The third-order valence-corrected chi connectivity index (χ3v) is 6.65. The molecule has 4 heteroatoms. The number of piperidine rings is 1. The smallest absolute Gasteiger partial charge is 0.142 e. The molecule has 1 aliphatic heterocycles. The number of halogens is 1. The van der Waals surface area contributed by atoms with Gasteiger partial charge in [0.25, 0.3) is 0 Å². The van der Waals surface area contributed by atoms with Crippen molar-refractivity contribution in [1.82, 2.24) is 10.1 Å². The van der Waals surface area contributed by atoms with Crippen molar-refractivity contribution in [3.63, 3.8) is 0 Å². The van der Waals surface area contributed by atoms with E-state index in [0.717, 1.165) is 34.9 Å². The van der Waals surface area contributed by atoms with Crippen molar-refractivity contribution in [1.29, 1.82) is 0 Å². The Labute approximate surface area is 172 Å². The lowest BCUT2D eigenvalue weighted by molar-refractivity contribution is 0.0766. The van der Waals surface area contributed by atoms with Gasteiger partial charge in [-0.2, -0.15) is 0 Å². The maximum Gasteiger partial charge on any atom is 0.142 e. The Morgan fingerprint density at radius 1 is 1.11 bits per heavy atom. The zero-order valence-electron chi connectivity index (χ0n) is 16.7. The van der Waals surface area contributed by atoms with Crippen LogP contribution in [-0.4, -0.2) is 29.2 Å². The summed E-state index contributed by atoms with van der Waals surface area (Å²) in [5.74, 6) is 1.59. The van der Waals surface area contributed by atoms with Crippen molar-refractivity contribution in [2.45, 2.75) is 50.6 Å². The molecule has 3 nitrogen and oxygen atoms in total. The van der Waals surface area contributed by atoms with E-state index in [1.165, 1.54) is 5.56 Å². The number of rotatable bonds is 4. The molecule has 1 aromatic heterocycles. The molecule has 28 heavy (non-hydrogen) atoms. The van der Waals surface area contributed by atoms with E-state index in [1.807, 2.05) is 30.3 Å². The number of hydrogen-bond donors (Lipinski definition) is 0. The van der Waals surface area contributed by atoms with Gasteiger partial charge in [-0.1, -0.05) is 66.1 Å². The molecule has 0 N–H and O–H groups in total. The minimum Gasteiger partial charge on any atom is -0.360 e. The first-order valence-electron chi connectivity index (χ1n) is 10.1. The predicted octanol–water partition coefficient (Wildman–Crippen LogP) is 6.37. The van der Waals surface area contributed by atoms with Crippen LogP contribution in [-0.2, 0) is 0 Å². The molecule has 0 spiro atoms. The van der Waals surface area contributed by atoms with Gasteiger partial charge in [-0.15, -0.1) is 0 Å². The minimum absolute atomic E-state index is 0.249. The maximum absolute atomic E-state index is 6.15. The molecule has 0 bridgehead atoms. The predicted molar refractivity (Wildman–Crippen MR) is 115 cm³/mol. The van der Waals surface area contributed by atoms with E-state index >= 15 is 0 Å². The first-order valence-corrected chi connectivity index (χ1v) is 10.5. The standard InChI is InChI=1S/C24H27ClN2O/c1-4-20-14-21(17-10-12-19(25)13-11-17)24(16(2)27(20)3)23-15-22(26-28-23)18-8-6-5-7-9-18/h5-13,15-16,20-21,24H,4,14H2,1-3H3/t16?,20-,21-,24?/m1/s1. The van der Waals surface area contributed by atoms with Crippen LogP contribution in [0.4, 0.5) is 0 Å². The van der Waals surface area contributed by atoms with Crippen molar-refractivity contribution in [3.05, 3.63) is 77.0 Å². The Morgan fingerprint density at radius 2 is 1.82 bits per heavy atom. The average Bonchev–Trinajstić information content (AvgIpc) is 3.21. The van der Waals surface area contributed by atoms with Gasteiger partial charge in [0.05, 0.1) is 0 Å². The van der Waals surface area contributed by atoms with Crippen molar-refractivity contribution >= 4 is 11.6 Å². The van der Waals surface area contributed by atoms with Gasteiger partial charge in [0.1, 0.15) is 11.5 Å². The summed E-state index contributed by atoms with van der Waals surface area (Å²) in [5.41, 5.74) is 3.31. The van der Waals surface area contributed by atoms with Gasteiger partial charge >= 0.3 is 0 Å². The first-order chi connectivity index (χ1) is 13.6. The van der Waals surface area contributed by atoms with Gasteiger partial charge in [-0.3, -0.25) is 4.90 Å². The summed E-state index contributed by atoms with van der Waals surface area (Å²) in [4.78, 5) is 2.50. The second-order valence-electron chi connectivity index (χ2n) is 7.87. The fourth-order valence-corrected chi connectivity index (χ4v) is 4.79. The highest BCUT2D eigenvalue weighted by molar-refractivity contribution is 6.30. The van der Waals surface area contributed by atoms with E-state index in [0.29, 0.717) is 18.0 Å². The van der Waals surface area contributed by atoms with Gasteiger partial charge in [0, 0.05) is 34.7 Å². The molecule has 0 amide bonds. The first kappa shape index (κ1) is 19.2. The van der Waals surface area contributed by atoms with E-state index in [9.17, 15) is 0 Å². The van der Waals surface area contributed by atoms with Crippen LogP contribution in [0.25, 0.3) is 11.3 Å². The number of likely N-dealkylation sites (tertiary alicyclic amines) is 1. The summed E-state index contributed by atoms with van der Waals surface area (Å²) in [6, 6.07) is 21.6. The highest BCUT2D eigenvalue weighted by Gasteiger charge is 2.42. The molecule has 2 heterocycles. The van der Waals surface area contributed by atoms with Crippen LogP contribution in [0.15, 0.2) is 65.2 Å². The van der Waals surface area contributed by atoms with Crippen molar-refractivity contribution in [3.8, 4) is 11.3 Å². The zero-order valence-corrected chi connectivity index (χ0v) is 17.4. The summed E-state index contributed by atoms with van der Waals surface area (Å²) >= 11 is 6.15. The highest BCUT2D eigenvalue weighted by atomic mass is 35.5. The monoisotopic (exact) mass is 394 g/mol. The van der Waals surface area contributed by atoms with E-state index in [2.05, 4.69) is 61.3 Å². The Kier molecular flexibility index (Phi) is 5.56. The molecule has 1 saturated heterocycles. The number of nitrogens with zero attached hydrogens (tertiary/aromatic N) is 2. The van der Waals surface area contributed by atoms with Crippen LogP contribution in [0.3, 0.4) is 0 Å². The van der Waals surface area contributed by atoms with Crippen molar-refractivity contribution in [2.75, 3.05) is 7.05 Å². The molecule has 146 valence electrons. The summed E-state index contributed by atoms with van der Waals surface area (Å²) in [6.07, 6.45) is 2.24. The van der Waals surface area contributed by atoms with Crippen LogP contribution < -0.4 is 0 Å². The van der Waals surface area contributed by atoms with E-state index in [4.69, 9.17) is 16.1 Å². The van der Waals surface area contributed by atoms with Crippen LogP contribution in [0.2, 0.25) is 5.02 Å². The Bertz CT molecular complexity index is 906. The molecule has 4 rings (SSSR count). The largest absolute Gasteiger partial charge is 0.360 e. The molecule has 0 radical (unpaired) electrons. The highest BCUT2D eigenvalue weighted by Crippen LogP contribution is 2.46. The maximum atomic E-state index is 6.15. The van der Waals surface area contributed by atoms with Crippen molar-refractivity contribution in [2.24, 2.45) is 0 Å². The average molecular weight is 395 g/mol. The van der Waals surface area contributed by atoms with Gasteiger partial charge in [-0.05, 0) is 50.4 Å². The lowest BCUT2D eigenvalue weighted by Gasteiger charge is -2.46. The number of hydrogen-bond acceptors (Lipinski definition) is 3. The Hall–Kier alpha value is -2.10. The number of likely N-dealkylation sites (N-methyl/N-ethyl adjacent to an activating group) is 1. The quantitative estimate of drug-likeness (QED) is 0.515. The minimum atomic E-state index is 0.249. The molecule has 1 fully saturated rings. The second-order valence-corrected chi connectivity index (χ2v) is 8.30. The van der Waals surface area contributed by atoms with Gasteiger partial charge in [-0.25, -0.2) is 0 Å². The summed E-state index contributed by atoms with van der Waals surface area (Å²) in [6.45, 7) is 4.58. The fraction of sp³-hybridized carbons (Fsp3) is 0.375. The van der Waals surface area contributed by atoms with Gasteiger partial charge < -0.3 is 4.52 Å². The van der Waals surface area contributed by atoms with Crippen LogP contribution in [0.1, 0.15) is 49.8 Å². The molecular formula is C24H27ClN2O. The summed E-state index contributed by atoms with van der Waals surface area (Å²) < 4.78 is 5.92. The van der Waals surface area contributed by atoms with E-state index in [-0.39, 0.29) is 5.92 Å². The van der Waals surface area contributed by atoms with Crippen molar-refractivity contribution < 1.29 is 4.52 Å². The fourth-order valence-electron chi connectivity index (χ4n) is 4.66. The van der Waals surface area contributed by atoms with Gasteiger partial charge in [0.15, 0.2) is 0 Å². The Balaban J connectivity index is 1.73. The topological polar surface area (TPSA) is 29.3 Å². The SMILES string of the molecule is CC[C@@H]1C[C@H](c2ccc(Cl)cc2)C(c2cc(-c3ccccc3)no2)C(C)N1C. The Morgan fingerprint density at radius 3 is 2.50 bits per heavy atom. The lowest BCUT2D eigenvalue weighted by atomic mass is 9.72. The lowest BCUT2D eigenvalue weighted by Crippen LogP contribution is -2.49. The second kappa shape index (κ2) is 8.10. The third-order valence-electron chi connectivity index (χ3n) is 6.39. The molecule has 3 aromatic rings. The normalized spacial score (nSPS) is 25.7.